The van der Waals surface area contributed by atoms with Gasteiger partial charge in [0.25, 0.3) is 0 Å². The molecule has 2 fully saturated rings. The summed E-state index contributed by atoms with van der Waals surface area (Å²) in [6.45, 7) is 8.39. The van der Waals surface area contributed by atoms with Gasteiger partial charge in [-0.05, 0) is 31.0 Å². The number of piperazine rings is 1. The Balaban J connectivity index is 1.53. The van der Waals surface area contributed by atoms with Crippen LogP contribution in [0.4, 0.5) is 0 Å². The fraction of sp³-hybridized carbons (Fsp3) is 0.522. The molecule has 0 aliphatic carbocycles. The highest BCUT2D eigenvalue weighted by molar-refractivity contribution is 5.98. The summed E-state index contributed by atoms with van der Waals surface area (Å²) in [5.41, 5.74) is 2.98. The van der Waals surface area contributed by atoms with Crippen molar-refractivity contribution in [2.24, 2.45) is 5.92 Å². The van der Waals surface area contributed by atoms with E-state index in [1.165, 1.54) is 11.8 Å². The van der Waals surface area contributed by atoms with Crippen molar-refractivity contribution < 1.29 is 4.79 Å². The summed E-state index contributed by atoms with van der Waals surface area (Å²) in [4.78, 5) is 24.3. The van der Waals surface area contributed by atoms with E-state index in [9.17, 15) is 4.79 Å². The van der Waals surface area contributed by atoms with E-state index < -0.39 is 0 Å². The molecule has 1 N–H and O–H groups in total. The average Bonchev–Trinajstić information content (AvgIpc) is 2.74. The Hall–Kier alpha value is -2.31. The molecule has 154 valence electrons. The SMILES string of the molecule is C[C@@H]1C[C@H](c2ccc(C=N)c3ncccc23)CN(C(=O)CN2CCN(C)CC2)C1. The third-order valence-corrected chi connectivity index (χ3v) is 6.40. The molecule has 2 aromatic rings. The monoisotopic (exact) mass is 393 g/mol. The van der Waals surface area contributed by atoms with Crippen LogP contribution in [-0.2, 0) is 4.79 Å². The van der Waals surface area contributed by atoms with Crippen LogP contribution in [-0.4, -0.2) is 84.7 Å². The summed E-state index contributed by atoms with van der Waals surface area (Å²) < 4.78 is 0. The van der Waals surface area contributed by atoms with Crippen LogP contribution in [0.3, 0.4) is 0 Å². The lowest BCUT2D eigenvalue weighted by atomic mass is 9.83. The Bertz CT molecular complexity index is 890. The quantitative estimate of drug-likeness (QED) is 0.811. The second-order valence-corrected chi connectivity index (χ2v) is 8.70. The highest BCUT2D eigenvalue weighted by Gasteiger charge is 2.31. The van der Waals surface area contributed by atoms with Crippen LogP contribution in [0.5, 0.6) is 0 Å². The first-order chi connectivity index (χ1) is 14.0. The van der Waals surface area contributed by atoms with Gasteiger partial charge in [0.15, 0.2) is 0 Å². The second kappa shape index (κ2) is 8.59. The Morgan fingerprint density at radius 1 is 1.21 bits per heavy atom. The van der Waals surface area contributed by atoms with Gasteiger partial charge in [0.2, 0.25) is 5.91 Å². The number of hydrogen-bond acceptors (Lipinski definition) is 5. The van der Waals surface area contributed by atoms with Gasteiger partial charge in [0.1, 0.15) is 0 Å². The van der Waals surface area contributed by atoms with Gasteiger partial charge in [-0.25, -0.2) is 0 Å². The van der Waals surface area contributed by atoms with Gasteiger partial charge in [-0.2, -0.15) is 0 Å². The topological polar surface area (TPSA) is 63.5 Å². The molecule has 0 bridgehead atoms. The molecule has 0 radical (unpaired) electrons. The molecule has 0 spiro atoms. The molecule has 2 atom stereocenters. The fourth-order valence-electron chi connectivity index (χ4n) is 4.77. The molecule has 6 nitrogen and oxygen atoms in total. The van der Waals surface area contributed by atoms with Crippen LogP contribution in [0.15, 0.2) is 30.5 Å². The minimum Gasteiger partial charge on any atom is -0.341 e. The van der Waals surface area contributed by atoms with E-state index in [0.717, 1.165) is 62.2 Å². The second-order valence-electron chi connectivity index (χ2n) is 8.70. The molecular formula is C23H31N5O. The number of carbonyl (C=O) groups is 1. The fourth-order valence-corrected chi connectivity index (χ4v) is 4.77. The Kier molecular flexibility index (Phi) is 5.92. The number of hydrogen-bond donors (Lipinski definition) is 1. The standard InChI is InChI=1S/C23H31N5O/c1-17-12-19(20-6-5-18(13-24)23-21(20)4-3-7-25-23)15-28(14-17)22(29)16-27-10-8-26(2)9-11-27/h3-7,13,17,19,24H,8-12,14-16H2,1-2H3/t17-,19+/m1/s1. The van der Waals surface area contributed by atoms with Crippen molar-refractivity contribution in [1.29, 1.82) is 5.41 Å². The zero-order valence-electron chi connectivity index (χ0n) is 17.5. The zero-order chi connectivity index (χ0) is 20.4. The van der Waals surface area contributed by atoms with Crippen molar-refractivity contribution in [3.63, 3.8) is 0 Å². The molecule has 3 heterocycles. The predicted molar refractivity (Wildman–Crippen MR) is 117 cm³/mol. The number of amides is 1. The van der Waals surface area contributed by atoms with E-state index in [1.807, 2.05) is 12.1 Å². The molecule has 0 unspecified atom stereocenters. The lowest BCUT2D eigenvalue weighted by molar-refractivity contribution is -0.134. The largest absolute Gasteiger partial charge is 0.341 e. The molecule has 29 heavy (non-hydrogen) atoms. The first kappa shape index (κ1) is 20.0. The third kappa shape index (κ3) is 4.33. The molecule has 4 rings (SSSR count). The minimum atomic E-state index is 0.254. The van der Waals surface area contributed by atoms with E-state index in [4.69, 9.17) is 5.41 Å². The van der Waals surface area contributed by atoms with Crippen LogP contribution in [0.1, 0.15) is 30.4 Å². The number of aromatic nitrogens is 1. The number of likely N-dealkylation sites (N-methyl/N-ethyl adjacent to an activating group) is 1. The van der Waals surface area contributed by atoms with E-state index in [2.05, 4.69) is 45.8 Å². The zero-order valence-corrected chi connectivity index (χ0v) is 17.5. The summed E-state index contributed by atoms with van der Waals surface area (Å²) in [5, 5.41) is 8.78. The van der Waals surface area contributed by atoms with Crippen molar-refractivity contribution in [2.45, 2.75) is 19.3 Å². The number of nitrogens with one attached hydrogen (secondary N) is 1. The van der Waals surface area contributed by atoms with Crippen LogP contribution >= 0.6 is 0 Å². The van der Waals surface area contributed by atoms with Gasteiger partial charge in [-0.1, -0.05) is 25.1 Å². The number of fused-ring (bicyclic) bond motifs is 1. The van der Waals surface area contributed by atoms with Crippen molar-refractivity contribution in [1.82, 2.24) is 19.7 Å². The maximum absolute atomic E-state index is 13.1. The Morgan fingerprint density at radius 2 is 2.00 bits per heavy atom. The van der Waals surface area contributed by atoms with Crippen molar-refractivity contribution >= 4 is 23.0 Å². The first-order valence-electron chi connectivity index (χ1n) is 10.6. The average molecular weight is 394 g/mol. The van der Waals surface area contributed by atoms with Crippen molar-refractivity contribution in [3.05, 3.63) is 41.6 Å². The number of benzene rings is 1. The van der Waals surface area contributed by atoms with E-state index in [0.29, 0.717) is 18.4 Å². The van der Waals surface area contributed by atoms with Crippen LogP contribution in [0.2, 0.25) is 0 Å². The molecule has 2 aliphatic rings. The highest BCUT2D eigenvalue weighted by atomic mass is 16.2. The molecule has 1 amide bonds. The third-order valence-electron chi connectivity index (χ3n) is 6.40. The smallest absolute Gasteiger partial charge is 0.236 e. The number of piperidine rings is 1. The van der Waals surface area contributed by atoms with Gasteiger partial charge >= 0.3 is 0 Å². The van der Waals surface area contributed by atoms with E-state index in [-0.39, 0.29) is 5.91 Å². The predicted octanol–water partition coefficient (Wildman–Crippen LogP) is 2.43. The van der Waals surface area contributed by atoms with Gasteiger partial charge in [0, 0.05) is 68.5 Å². The number of likely N-dealkylation sites (tertiary alicyclic amines) is 1. The normalized spacial score (nSPS) is 24.0. The summed E-state index contributed by atoms with van der Waals surface area (Å²) in [5.74, 6) is 1.03. The molecule has 2 aliphatic heterocycles. The van der Waals surface area contributed by atoms with Crippen LogP contribution < -0.4 is 0 Å². The van der Waals surface area contributed by atoms with Gasteiger partial charge in [-0.3, -0.25) is 14.7 Å². The lowest BCUT2D eigenvalue weighted by Gasteiger charge is -2.39. The van der Waals surface area contributed by atoms with E-state index in [1.54, 1.807) is 6.20 Å². The van der Waals surface area contributed by atoms with Crippen molar-refractivity contribution in [3.8, 4) is 0 Å². The van der Waals surface area contributed by atoms with Crippen molar-refractivity contribution in [2.75, 3.05) is 52.9 Å². The van der Waals surface area contributed by atoms with Crippen LogP contribution in [0, 0.1) is 11.3 Å². The summed E-state index contributed by atoms with van der Waals surface area (Å²) >= 11 is 0. The molecular weight excluding hydrogens is 362 g/mol. The molecule has 2 saturated heterocycles. The summed E-state index contributed by atoms with van der Waals surface area (Å²) in [7, 11) is 2.14. The molecule has 0 saturated carbocycles. The highest BCUT2D eigenvalue weighted by Crippen LogP contribution is 2.34. The number of carbonyl (C=O) groups excluding carboxylic acids is 1. The summed E-state index contributed by atoms with van der Waals surface area (Å²) in [6, 6.07) is 8.19. The maximum Gasteiger partial charge on any atom is 0.236 e. The Morgan fingerprint density at radius 3 is 2.76 bits per heavy atom. The van der Waals surface area contributed by atoms with Gasteiger partial charge in [0.05, 0.1) is 12.1 Å². The first-order valence-corrected chi connectivity index (χ1v) is 10.6. The maximum atomic E-state index is 13.1. The number of rotatable bonds is 4. The molecule has 1 aromatic heterocycles. The lowest BCUT2D eigenvalue weighted by Crippen LogP contribution is -2.51. The van der Waals surface area contributed by atoms with E-state index >= 15 is 0 Å². The minimum absolute atomic E-state index is 0.254. The Labute approximate surface area is 173 Å². The number of pyridine rings is 1. The number of nitrogens with zero attached hydrogens (tertiary/aromatic N) is 4. The van der Waals surface area contributed by atoms with Crippen LogP contribution in [0.25, 0.3) is 10.9 Å². The van der Waals surface area contributed by atoms with Gasteiger partial charge in [-0.15, -0.1) is 0 Å². The van der Waals surface area contributed by atoms with Gasteiger partial charge < -0.3 is 15.2 Å². The molecule has 6 heteroatoms. The summed E-state index contributed by atoms with van der Waals surface area (Å²) in [6.07, 6.45) is 4.23. The molecule has 1 aromatic carbocycles.